The number of benzene rings is 2. The van der Waals surface area contributed by atoms with Crippen molar-refractivity contribution in [3.05, 3.63) is 52.0 Å². The summed E-state index contributed by atoms with van der Waals surface area (Å²) in [6, 6.07) is 10.9. The number of rotatable bonds is 7. The number of aryl methyl sites for hydroxylation is 1. The minimum absolute atomic E-state index is 0.116. The molecule has 24 heavy (non-hydrogen) atoms. The molecule has 0 fully saturated rings. The Hall–Kier alpha value is -2.05. The fraction of sp³-hybridized carbons (Fsp3) is 0.278. The van der Waals surface area contributed by atoms with Gasteiger partial charge in [0.15, 0.2) is 18.1 Å². The number of halogens is 1. The van der Waals surface area contributed by atoms with Crippen molar-refractivity contribution in [3.8, 4) is 11.5 Å². The van der Waals surface area contributed by atoms with E-state index in [-0.39, 0.29) is 19.1 Å². The molecule has 0 aliphatic carbocycles. The monoisotopic (exact) mass is 393 g/mol. The third-order valence-electron chi connectivity index (χ3n) is 3.28. The number of aliphatic hydroxyl groups is 1. The van der Waals surface area contributed by atoms with Crippen LogP contribution in [0.3, 0.4) is 0 Å². The van der Waals surface area contributed by atoms with Crippen LogP contribution in [0.15, 0.2) is 40.9 Å². The number of hydrogen-bond donors (Lipinski definition) is 2. The highest BCUT2D eigenvalue weighted by Gasteiger charge is 2.12. The maximum Gasteiger partial charge on any atom is 0.262 e. The van der Waals surface area contributed by atoms with Crippen LogP contribution in [-0.4, -0.2) is 24.2 Å². The van der Waals surface area contributed by atoms with Crippen LogP contribution in [0.4, 0.5) is 5.69 Å². The summed E-state index contributed by atoms with van der Waals surface area (Å²) >= 11 is 3.36. The molecule has 0 spiro atoms. The number of nitrogens with one attached hydrogen (secondary N) is 1. The second kappa shape index (κ2) is 8.70. The molecule has 2 aromatic carbocycles. The van der Waals surface area contributed by atoms with Crippen molar-refractivity contribution in [1.29, 1.82) is 0 Å². The van der Waals surface area contributed by atoms with E-state index in [4.69, 9.17) is 9.47 Å². The predicted octanol–water partition coefficient (Wildman–Crippen LogP) is 3.67. The van der Waals surface area contributed by atoms with Gasteiger partial charge in [0.1, 0.15) is 0 Å². The molecule has 0 radical (unpaired) electrons. The van der Waals surface area contributed by atoms with Crippen LogP contribution in [0, 0.1) is 6.92 Å². The Morgan fingerprint density at radius 1 is 1.17 bits per heavy atom. The maximum atomic E-state index is 12.0. The van der Waals surface area contributed by atoms with Gasteiger partial charge in [-0.15, -0.1) is 0 Å². The lowest BCUT2D eigenvalue weighted by Gasteiger charge is -2.14. The average molecular weight is 394 g/mol. The normalized spacial score (nSPS) is 10.3. The van der Waals surface area contributed by atoms with E-state index in [0.29, 0.717) is 28.1 Å². The smallest absolute Gasteiger partial charge is 0.262 e. The van der Waals surface area contributed by atoms with Crippen LogP contribution >= 0.6 is 15.9 Å². The SMILES string of the molecule is CCOc1cc(CO)c(Br)cc1OCC(=O)Nc1ccc(C)cc1. The third-order valence-corrected chi connectivity index (χ3v) is 4.02. The molecule has 1 amide bonds. The molecule has 2 rings (SSSR count). The summed E-state index contributed by atoms with van der Waals surface area (Å²) in [4.78, 5) is 12.0. The van der Waals surface area contributed by atoms with Gasteiger partial charge >= 0.3 is 0 Å². The number of carbonyl (C=O) groups is 1. The number of aliphatic hydroxyl groups excluding tert-OH is 1. The lowest BCUT2D eigenvalue weighted by molar-refractivity contribution is -0.118. The molecule has 0 aromatic heterocycles. The summed E-state index contributed by atoms with van der Waals surface area (Å²) in [5.74, 6) is 0.677. The van der Waals surface area contributed by atoms with Crippen molar-refractivity contribution in [1.82, 2.24) is 0 Å². The standard InChI is InChI=1S/C18H20BrNO4/c1-3-23-16-8-13(10-21)15(19)9-17(16)24-11-18(22)20-14-6-4-12(2)5-7-14/h4-9,21H,3,10-11H2,1-2H3,(H,20,22). The lowest BCUT2D eigenvalue weighted by Crippen LogP contribution is -2.20. The predicted molar refractivity (Wildman–Crippen MR) is 96.5 cm³/mol. The quantitative estimate of drug-likeness (QED) is 0.752. The van der Waals surface area contributed by atoms with Crippen LogP contribution in [0.1, 0.15) is 18.1 Å². The highest BCUT2D eigenvalue weighted by molar-refractivity contribution is 9.10. The molecule has 128 valence electrons. The van der Waals surface area contributed by atoms with E-state index in [1.54, 1.807) is 12.1 Å². The van der Waals surface area contributed by atoms with Gasteiger partial charge in [-0.25, -0.2) is 0 Å². The first-order chi connectivity index (χ1) is 11.5. The Balaban J connectivity index is 2.03. The van der Waals surface area contributed by atoms with Gasteiger partial charge in [0, 0.05) is 10.2 Å². The summed E-state index contributed by atoms with van der Waals surface area (Å²) in [5.41, 5.74) is 2.53. The second-order valence-electron chi connectivity index (χ2n) is 5.18. The highest BCUT2D eigenvalue weighted by Crippen LogP contribution is 2.34. The maximum absolute atomic E-state index is 12.0. The fourth-order valence-corrected chi connectivity index (χ4v) is 2.50. The first-order valence-electron chi connectivity index (χ1n) is 7.59. The molecule has 0 aliphatic heterocycles. The highest BCUT2D eigenvalue weighted by atomic mass is 79.9. The third kappa shape index (κ3) is 4.97. The molecule has 0 bridgehead atoms. The van der Waals surface area contributed by atoms with Crippen molar-refractivity contribution >= 4 is 27.5 Å². The molecular weight excluding hydrogens is 374 g/mol. The average Bonchev–Trinajstić information content (AvgIpc) is 2.57. The van der Waals surface area contributed by atoms with Gasteiger partial charge in [-0.3, -0.25) is 4.79 Å². The summed E-state index contributed by atoms with van der Waals surface area (Å²) in [5, 5.41) is 12.1. The molecule has 6 heteroatoms. The second-order valence-corrected chi connectivity index (χ2v) is 6.04. The van der Waals surface area contributed by atoms with E-state index in [1.807, 2.05) is 38.1 Å². The molecule has 0 saturated carbocycles. The van der Waals surface area contributed by atoms with E-state index in [9.17, 15) is 9.90 Å². The van der Waals surface area contributed by atoms with Crippen LogP contribution in [0.25, 0.3) is 0 Å². The van der Waals surface area contributed by atoms with Gasteiger partial charge in [-0.05, 0) is 43.7 Å². The lowest BCUT2D eigenvalue weighted by atomic mass is 10.2. The topological polar surface area (TPSA) is 67.8 Å². The van der Waals surface area contributed by atoms with E-state index in [0.717, 1.165) is 11.3 Å². The van der Waals surface area contributed by atoms with Gasteiger partial charge in [0.25, 0.3) is 5.91 Å². The van der Waals surface area contributed by atoms with E-state index in [1.165, 1.54) is 0 Å². The summed E-state index contributed by atoms with van der Waals surface area (Å²) < 4.78 is 11.8. The molecule has 5 nitrogen and oxygen atoms in total. The van der Waals surface area contributed by atoms with Crippen molar-refractivity contribution in [2.24, 2.45) is 0 Å². The Kier molecular flexibility index (Phi) is 6.63. The van der Waals surface area contributed by atoms with Crippen LogP contribution in [-0.2, 0) is 11.4 Å². The zero-order valence-corrected chi connectivity index (χ0v) is 15.2. The van der Waals surface area contributed by atoms with Crippen molar-refractivity contribution in [2.75, 3.05) is 18.5 Å². The fourth-order valence-electron chi connectivity index (χ4n) is 2.06. The number of anilines is 1. The molecule has 2 N–H and O–H groups in total. The van der Waals surface area contributed by atoms with Gasteiger partial charge in [0.2, 0.25) is 0 Å². The van der Waals surface area contributed by atoms with Crippen LogP contribution in [0.2, 0.25) is 0 Å². The summed E-state index contributed by atoms with van der Waals surface area (Å²) in [7, 11) is 0. The number of carbonyl (C=O) groups excluding carboxylic acids is 1. The van der Waals surface area contributed by atoms with Gasteiger partial charge in [-0.2, -0.15) is 0 Å². The Morgan fingerprint density at radius 3 is 2.46 bits per heavy atom. The van der Waals surface area contributed by atoms with Gasteiger partial charge < -0.3 is 19.9 Å². The van der Waals surface area contributed by atoms with Crippen molar-refractivity contribution in [2.45, 2.75) is 20.5 Å². The largest absolute Gasteiger partial charge is 0.490 e. The minimum atomic E-state index is -0.261. The zero-order chi connectivity index (χ0) is 17.5. The summed E-state index contributed by atoms with van der Waals surface area (Å²) in [6.07, 6.45) is 0. The van der Waals surface area contributed by atoms with E-state index < -0.39 is 0 Å². The first kappa shape index (κ1) is 18.3. The molecule has 0 atom stereocenters. The van der Waals surface area contributed by atoms with Gasteiger partial charge in [-0.1, -0.05) is 33.6 Å². The first-order valence-corrected chi connectivity index (χ1v) is 8.38. The van der Waals surface area contributed by atoms with Crippen molar-refractivity contribution < 1.29 is 19.4 Å². The molecule has 0 heterocycles. The van der Waals surface area contributed by atoms with Crippen LogP contribution < -0.4 is 14.8 Å². The molecule has 0 aliphatic rings. The number of ether oxygens (including phenoxy) is 2. The van der Waals surface area contributed by atoms with Crippen molar-refractivity contribution in [3.63, 3.8) is 0 Å². The van der Waals surface area contributed by atoms with Crippen LogP contribution in [0.5, 0.6) is 11.5 Å². The van der Waals surface area contributed by atoms with E-state index >= 15 is 0 Å². The van der Waals surface area contributed by atoms with Gasteiger partial charge in [0.05, 0.1) is 13.2 Å². The number of amides is 1. The zero-order valence-electron chi connectivity index (χ0n) is 13.6. The molecular formula is C18H20BrNO4. The Morgan fingerprint density at radius 2 is 1.83 bits per heavy atom. The molecule has 0 saturated heterocycles. The minimum Gasteiger partial charge on any atom is -0.490 e. The molecule has 0 unspecified atom stereocenters. The Labute approximate surface area is 149 Å². The number of hydrogen-bond acceptors (Lipinski definition) is 4. The van der Waals surface area contributed by atoms with E-state index in [2.05, 4.69) is 21.2 Å². The summed E-state index contributed by atoms with van der Waals surface area (Å²) in [6.45, 7) is 4.04. The molecule has 2 aromatic rings. The Bertz CT molecular complexity index is 701.